The number of alkyl halides is 3. The topological polar surface area (TPSA) is 77.8 Å². The molecule has 178 valence electrons. The molecule has 7 unspecified atom stereocenters. The van der Waals surface area contributed by atoms with Crippen molar-refractivity contribution in [2.24, 2.45) is 35.0 Å². The van der Waals surface area contributed by atoms with E-state index in [-0.39, 0.29) is 23.7 Å². The third-order valence-electron chi connectivity index (χ3n) is 9.13. The first-order valence-corrected chi connectivity index (χ1v) is 12.0. The van der Waals surface area contributed by atoms with Gasteiger partial charge in [-0.1, -0.05) is 18.6 Å². The van der Waals surface area contributed by atoms with Crippen LogP contribution in [0.5, 0.6) is 0 Å². The minimum atomic E-state index is -4.65. The van der Waals surface area contributed by atoms with Gasteiger partial charge in [0.05, 0.1) is 11.8 Å². The van der Waals surface area contributed by atoms with Crippen LogP contribution in [0.4, 0.5) is 13.2 Å². The smallest absolute Gasteiger partial charge is 0.390 e. The first-order chi connectivity index (χ1) is 14.9. The van der Waals surface area contributed by atoms with E-state index >= 15 is 0 Å². The highest BCUT2D eigenvalue weighted by Crippen LogP contribution is 2.63. The molecule has 3 fully saturated rings. The Morgan fingerprint density at radius 2 is 1.97 bits per heavy atom. The summed E-state index contributed by atoms with van der Waals surface area (Å²) in [5, 5.41) is 19.0. The molecule has 0 radical (unpaired) electrons. The lowest BCUT2D eigenvalue weighted by Crippen LogP contribution is -2.80. The molecule has 3 saturated carbocycles. The van der Waals surface area contributed by atoms with Crippen LogP contribution in [0.2, 0.25) is 0 Å². The second kappa shape index (κ2) is 8.39. The van der Waals surface area contributed by atoms with E-state index in [9.17, 15) is 23.1 Å². The van der Waals surface area contributed by atoms with Crippen molar-refractivity contribution in [2.75, 3.05) is 6.54 Å². The SMILES string of the molecule is CC1(O)CCC2C(=CCC3C2CCC2(C)C(C(=O)C[NH2+]C=CC(=N)C(F)(F)F)CCC32)C1. The maximum absolute atomic E-state index is 13.0. The second-order valence-electron chi connectivity index (χ2n) is 11.1. The van der Waals surface area contributed by atoms with Crippen LogP contribution in [0.3, 0.4) is 0 Å². The normalized spacial score (nSPS) is 41.6. The molecule has 0 aromatic carbocycles. The molecular formula is C25H36F3N2O2+. The van der Waals surface area contributed by atoms with Gasteiger partial charge in [-0.3, -0.25) is 10.2 Å². The summed E-state index contributed by atoms with van der Waals surface area (Å²) < 4.78 is 37.3. The Balaban J connectivity index is 1.40. The highest BCUT2D eigenvalue weighted by Gasteiger charge is 2.57. The Morgan fingerprint density at radius 1 is 1.22 bits per heavy atom. The Morgan fingerprint density at radius 3 is 2.69 bits per heavy atom. The number of Topliss-reactive ketones (excluding diaryl/α,β-unsaturated/α-hetero) is 1. The van der Waals surface area contributed by atoms with Crippen molar-refractivity contribution in [3.63, 3.8) is 0 Å². The molecule has 0 spiro atoms. The van der Waals surface area contributed by atoms with Gasteiger partial charge in [-0.15, -0.1) is 0 Å². The van der Waals surface area contributed by atoms with Gasteiger partial charge in [0.1, 0.15) is 12.3 Å². The molecule has 32 heavy (non-hydrogen) atoms. The molecule has 4 rings (SSSR count). The van der Waals surface area contributed by atoms with E-state index < -0.39 is 17.5 Å². The molecular weight excluding hydrogens is 417 g/mol. The number of fused-ring (bicyclic) bond motifs is 5. The highest BCUT2D eigenvalue weighted by molar-refractivity contribution is 5.96. The van der Waals surface area contributed by atoms with Gasteiger partial charge in [0, 0.05) is 12.0 Å². The molecule has 4 nitrogen and oxygen atoms in total. The van der Waals surface area contributed by atoms with E-state index in [1.54, 1.807) is 0 Å². The van der Waals surface area contributed by atoms with Crippen molar-refractivity contribution in [1.82, 2.24) is 0 Å². The monoisotopic (exact) mass is 453 g/mol. The first-order valence-electron chi connectivity index (χ1n) is 12.0. The van der Waals surface area contributed by atoms with Gasteiger partial charge in [0.25, 0.3) is 0 Å². The zero-order valence-corrected chi connectivity index (χ0v) is 19.0. The molecule has 0 saturated heterocycles. The maximum Gasteiger partial charge on any atom is 0.432 e. The number of nitrogens with one attached hydrogen (secondary N) is 1. The summed E-state index contributed by atoms with van der Waals surface area (Å²) >= 11 is 0. The summed E-state index contributed by atoms with van der Waals surface area (Å²) in [5.41, 5.74) is -0.559. The van der Waals surface area contributed by atoms with Crippen LogP contribution in [0, 0.1) is 40.4 Å². The van der Waals surface area contributed by atoms with Gasteiger partial charge in [-0.2, -0.15) is 13.2 Å². The van der Waals surface area contributed by atoms with E-state index in [0.717, 1.165) is 51.4 Å². The fourth-order valence-corrected chi connectivity index (χ4v) is 7.58. The molecule has 4 N–H and O–H groups in total. The zero-order valence-electron chi connectivity index (χ0n) is 19.0. The third-order valence-corrected chi connectivity index (χ3v) is 9.13. The first kappa shape index (κ1) is 23.7. The van der Waals surface area contributed by atoms with E-state index in [1.807, 2.05) is 6.92 Å². The lowest BCUT2D eigenvalue weighted by Gasteiger charge is -2.54. The number of halogens is 3. The average molecular weight is 454 g/mol. The van der Waals surface area contributed by atoms with Crippen molar-refractivity contribution < 1.29 is 28.4 Å². The molecule has 0 aromatic heterocycles. The third kappa shape index (κ3) is 4.35. The van der Waals surface area contributed by atoms with Crippen molar-refractivity contribution >= 4 is 11.5 Å². The molecule has 0 aromatic rings. The van der Waals surface area contributed by atoms with E-state index in [2.05, 4.69) is 13.0 Å². The number of hydrogen-bond donors (Lipinski definition) is 3. The number of carbonyl (C=O) groups is 1. The summed E-state index contributed by atoms with van der Waals surface area (Å²) in [6.45, 7) is 4.34. The molecule has 4 aliphatic rings. The summed E-state index contributed by atoms with van der Waals surface area (Å²) in [6.07, 6.45) is 7.46. The van der Waals surface area contributed by atoms with E-state index in [4.69, 9.17) is 5.41 Å². The Hall–Kier alpha value is -1.47. The van der Waals surface area contributed by atoms with Crippen molar-refractivity contribution in [1.29, 1.82) is 5.41 Å². The fourth-order valence-electron chi connectivity index (χ4n) is 7.58. The summed E-state index contributed by atoms with van der Waals surface area (Å²) in [6, 6.07) is 0. The minimum absolute atomic E-state index is 0.0278. The molecule has 0 bridgehead atoms. The number of rotatable bonds is 5. The quantitative estimate of drug-likeness (QED) is 0.432. The van der Waals surface area contributed by atoms with Gasteiger partial charge in [0.2, 0.25) is 0 Å². The van der Waals surface area contributed by atoms with Crippen LogP contribution in [0.25, 0.3) is 0 Å². The van der Waals surface area contributed by atoms with Gasteiger partial charge in [-0.25, -0.2) is 0 Å². The number of allylic oxidation sites excluding steroid dienone is 2. The van der Waals surface area contributed by atoms with Crippen LogP contribution < -0.4 is 5.32 Å². The molecule has 7 heteroatoms. The Kier molecular flexibility index (Phi) is 6.21. The molecule has 0 heterocycles. The lowest BCUT2D eigenvalue weighted by molar-refractivity contribution is -0.576. The number of carbonyl (C=O) groups excluding carboxylic acids is 1. The summed E-state index contributed by atoms with van der Waals surface area (Å²) in [7, 11) is 0. The number of hydrogen-bond acceptors (Lipinski definition) is 3. The zero-order chi connectivity index (χ0) is 23.3. The Bertz CT molecular complexity index is 832. The van der Waals surface area contributed by atoms with Crippen LogP contribution in [-0.2, 0) is 4.79 Å². The number of ketones is 1. The minimum Gasteiger partial charge on any atom is -0.390 e. The number of quaternary nitrogens is 1. The van der Waals surface area contributed by atoms with Crippen molar-refractivity contribution in [3.05, 3.63) is 23.9 Å². The largest absolute Gasteiger partial charge is 0.432 e. The summed E-state index contributed by atoms with van der Waals surface area (Å²) in [4.78, 5) is 13.0. The molecule has 0 aliphatic heterocycles. The molecule has 4 aliphatic carbocycles. The highest BCUT2D eigenvalue weighted by atomic mass is 19.4. The van der Waals surface area contributed by atoms with Crippen molar-refractivity contribution in [3.8, 4) is 0 Å². The standard InChI is InChI=1S/C25H35F3N2O2/c1-23(32)10-7-16-15(13-23)3-4-18-17(16)8-11-24(2)19(18)5-6-20(24)21(31)14-30-12-9-22(29)25(26,27)28/h3,9,12,16-20,29-30,32H,4-8,10-11,13-14H2,1-2H3/p+1. The predicted octanol–water partition coefficient (Wildman–Crippen LogP) is 4.15. The number of nitrogens with two attached hydrogens (primary N) is 1. The molecule has 7 atom stereocenters. The van der Waals surface area contributed by atoms with Gasteiger partial charge in [-0.05, 0) is 87.4 Å². The van der Waals surface area contributed by atoms with Crippen LogP contribution in [-0.4, -0.2) is 34.9 Å². The summed E-state index contributed by atoms with van der Waals surface area (Å²) in [5.74, 6) is 2.44. The average Bonchev–Trinajstić information content (AvgIpc) is 3.06. The van der Waals surface area contributed by atoms with Gasteiger partial charge in [0.15, 0.2) is 5.78 Å². The predicted molar refractivity (Wildman–Crippen MR) is 116 cm³/mol. The van der Waals surface area contributed by atoms with Gasteiger partial charge < -0.3 is 10.4 Å². The lowest BCUT2D eigenvalue weighted by atomic mass is 9.51. The van der Waals surface area contributed by atoms with Crippen molar-refractivity contribution in [2.45, 2.75) is 77.0 Å². The maximum atomic E-state index is 13.0. The van der Waals surface area contributed by atoms with Gasteiger partial charge >= 0.3 is 6.18 Å². The van der Waals surface area contributed by atoms with Crippen LogP contribution in [0.15, 0.2) is 23.9 Å². The Labute approximate surface area is 188 Å². The fraction of sp³-hybridized carbons (Fsp3) is 0.760. The molecule has 0 amide bonds. The van der Waals surface area contributed by atoms with Crippen LogP contribution >= 0.6 is 0 Å². The van der Waals surface area contributed by atoms with E-state index in [0.29, 0.717) is 29.7 Å². The second-order valence-corrected chi connectivity index (χ2v) is 11.1. The number of aliphatic hydroxyl groups is 1. The van der Waals surface area contributed by atoms with E-state index in [1.165, 1.54) is 17.1 Å². The van der Waals surface area contributed by atoms with Crippen LogP contribution in [0.1, 0.15) is 65.2 Å².